The fraction of sp³-hybridized carbons (Fsp3) is 0.133. The lowest BCUT2D eigenvalue weighted by Crippen LogP contribution is -2.31. The van der Waals surface area contributed by atoms with Crippen LogP contribution in [0.2, 0.25) is 10.0 Å². The molecule has 0 amide bonds. The molecular weight excluding hydrogens is 327 g/mol. The number of benzene rings is 2. The van der Waals surface area contributed by atoms with Crippen LogP contribution >= 0.6 is 35.1 Å². The molecule has 6 heteroatoms. The van der Waals surface area contributed by atoms with Gasteiger partial charge in [0.1, 0.15) is 0 Å². The molecule has 0 atom stereocenters. The minimum absolute atomic E-state index is 0.0819. The number of hydrogen-bond acceptors (Lipinski definition) is 4. The van der Waals surface area contributed by atoms with Gasteiger partial charge in [-0.3, -0.25) is 4.79 Å². The SMILES string of the molecule is O=C(CN1CNc2cc(Cl)cc(Cl)c2S1)c1ccccc1. The summed E-state index contributed by atoms with van der Waals surface area (Å²) in [5.74, 6) is 0.0819. The van der Waals surface area contributed by atoms with E-state index < -0.39 is 0 Å². The summed E-state index contributed by atoms with van der Waals surface area (Å²) >= 11 is 13.7. The van der Waals surface area contributed by atoms with Gasteiger partial charge in [-0.15, -0.1) is 0 Å². The number of nitrogens with one attached hydrogen (secondary N) is 1. The minimum Gasteiger partial charge on any atom is -0.370 e. The molecule has 1 N–H and O–H groups in total. The largest absolute Gasteiger partial charge is 0.370 e. The summed E-state index contributed by atoms with van der Waals surface area (Å²) in [6.45, 7) is 0.882. The molecule has 21 heavy (non-hydrogen) atoms. The molecule has 1 heterocycles. The maximum absolute atomic E-state index is 12.2. The number of rotatable bonds is 3. The van der Waals surface area contributed by atoms with E-state index in [4.69, 9.17) is 23.2 Å². The van der Waals surface area contributed by atoms with Crippen molar-refractivity contribution in [1.82, 2.24) is 4.31 Å². The molecule has 1 aliphatic heterocycles. The summed E-state index contributed by atoms with van der Waals surface area (Å²) in [7, 11) is 0. The van der Waals surface area contributed by atoms with E-state index in [0.29, 0.717) is 28.8 Å². The zero-order chi connectivity index (χ0) is 14.8. The van der Waals surface area contributed by atoms with Crippen molar-refractivity contribution in [3.8, 4) is 0 Å². The monoisotopic (exact) mass is 338 g/mol. The Balaban J connectivity index is 1.74. The second-order valence-electron chi connectivity index (χ2n) is 4.62. The van der Waals surface area contributed by atoms with E-state index in [2.05, 4.69) is 5.32 Å². The van der Waals surface area contributed by atoms with Crippen LogP contribution in [0.25, 0.3) is 0 Å². The molecule has 0 aliphatic carbocycles. The van der Waals surface area contributed by atoms with Crippen molar-refractivity contribution in [3.05, 3.63) is 58.1 Å². The number of hydrogen-bond donors (Lipinski definition) is 1. The van der Waals surface area contributed by atoms with Crippen molar-refractivity contribution in [1.29, 1.82) is 0 Å². The Morgan fingerprint density at radius 3 is 2.76 bits per heavy atom. The number of carbonyl (C=O) groups is 1. The molecule has 0 bridgehead atoms. The third kappa shape index (κ3) is 3.35. The van der Waals surface area contributed by atoms with Gasteiger partial charge >= 0.3 is 0 Å². The van der Waals surface area contributed by atoms with Crippen LogP contribution in [-0.4, -0.2) is 23.3 Å². The van der Waals surface area contributed by atoms with Crippen molar-refractivity contribution < 1.29 is 4.79 Å². The Morgan fingerprint density at radius 1 is 1.24 bits per heavy atom. The molecular formula is C15H12Cl2N2OS. The molecule has 0 spiro atoms. The Hall–Kier alpha value is -1.20. The predicted molar refractivity (Wildman–Crippen MR) is 88.3 cm³/mol. The normalized spacial score (nSPS) is 14.4. The molecule has 108 valence electrons. The Morgan fingerprint density at radius 2 is 2.00 bits per heavy atom. The quantitative estimate of drug-likeness (QED) is 0.656. The smallest absolute Gasteiger partial charge is 0.177 e. The topological polar surface area (TPSA) is 32.3 Å². The fourth-order valence-electron chi connectivity index (χ4n) is 2.08. The van der Waals surface area contributed by atoms with E-state index in [1.54, 1.807) is 6.07 Å². The number of carbonyl (C=O) groups excluding carboxylic acids is 1. The van der Waals surface area contributed by atoms with Crippen LogP contribution in [0.4, 0.5) is 5.69 Å². The molecule has 0 aromatic heterocycles. The molecule has 1 aliphatic rings. The number of halogens is 2. The zero-order valence-corrected chi connectivity index (χ0v) is 13.3. The highest BCUT2D eigenvalue weighted by Gasteiger charge is 2.22. The number of Topliss-reactive ketones (excluding diaryl/α,β-unsaturated/α-hetero) is 1. The highest BCUT2D eigenvalue weighted by atomic mass is 35.5. The summed E-state index contributed by atoms with van der Waals surface area (Å²) < 4.78 is 1.94. The van der Waals surface area contributed by atoms with Crippen LogP contribution in [0.1, 0.15) is 10.4 Å². The van der Waals surface area contributed by atoms with Gasteiger partial charge in [0.2, 0.25) is 0 Å². The number of ketones is 1. The fourth-order valence-corrected chi connectivity index (χ4v) is 3.62. The second kappa shape index (κ2) is 6.28. The lowest BCUT2D eigenvalue weighted by molar-refractivity contribution is 0.0972. The first-order chi connectivity index (χ1) is 10.1. The highest BCUT2D eigenvalue weighted by molar-refractivity contribution is 7.97. The van der Waals surface area contributed by atoms with E-state index in [1.165, 1.54) is 11.9 Å². The summed E-state index contributed by atoms with van der Waals surface area (Å²) in [4.78, 5) is 13.1. The molecule has 0 saturated heterocycles. The van der Waals surface area contributed by atoms with E-state index in [1.807, 2.05) is 40.7 Å². The lowest BCUT2D eigenvalue weighted by Gasteiger charge is -2.28. The van der Waals surface area contributed by atoms with Crippen LogP contribution in [0, 0.1) is 0 Å². The average Bonchev–Trinajstić information content (AvgIpc) is 2.48. The standard InChI is InChI=1S/C15H12Cl2N2OS/c16-11-6-12(17)15-13(7-11)18-9-19(21-15)8-14(20)10-4-2-1-3-5-10/h1-7,18H,8-9H2. The van der Waals surface area contributed by atoms with Gasteiger partial charge in [0.25, 0.3) is 0 Å². The Bertz CT molecular complexity index is 679. The first-order valence-electron chi connectivity index (χ1n) is 6.37. The minimum atomic E-state index is 0.0819. The van der Waals surface area contributed by atoms with Crippen LogP contribution in [0.15, 0.2) is 47.4 Å². The first kappa shape index (κ1) is 14.7. The summed E-state index contributed by atoms with van der Waals surface area (Å²) in [5.41, 5.74) is 1.62. The maximum atomic E-state index is 12.2. The average molecular weight is 339 g/mol. The van der Waals surface area contributed by atoms with Gasteiger partial charge in [-0.05, 0) is 24.1 Å². The molecule has 0 saturated carbocycles. The summed E-state index contributed by atoms with van der Waals surface area (Å²) in [6, 6.07) is 12.8. The first-order valence-corrected chi connectivity index (χ1v) is 7.90. The Labute approximate surface area is 137 Å². The van der Waals surface area contributed by atoms with Gasteiger partial charge in [-0.25, -0.2) is 4.31 Å². The zero-order valence-electron chi connectivity index (χ0n) is 11.0. The molecule has 2 aromatic rings. The van der Waals surface area contributed by atoms with Crippen LogP contribution < -0.4 is 5.32 Å². The van der Waals surface area contributed by atoms with Crippen molar-refractivity contribution in [2.75, 3.05) is 18.5 Å². The van der Waals surface area contributed by atoms with E-state index in [0.717, 1.165) is 10.6 Å². The van der Waals surface area contributed by atoms with Gasteiger partial charge in [-0.1, -0.05) is 53.5 Å². The van der Waals surface area contributed by atoms with Crippen molar-refractivity contribution >= 4 is 46.6 Å². The molecule has 3 nitrogen and oxygen atoms in total. The molecule has 0 unspecified atom stereocenters. The third-order valence-corrected chi connectivity index (χ3v) is 4.86. The summed E-state index contributed by atoms with van der Waals surface area (Å²) in [6.07, 6.45) is 0. The molecule has 0 fully saturated rings. The second-order valence-corrected chi connectivity index (χ2v) is 6.57. The maximum Gasteiger partial charge on any atom is 0.177 e. The van der Waals surface area contributed by atoms with Gasteiger partial charge in [0, 0.05) is 10.6 Å². The van der Waals surface area contributed by atoms with E-state index >= 15 is 0 Å². The van der Waals surface area contributed by atoms with Gasteiger partial charge in [0.05, 0.1) is 28.8 Å². The van der Waals surface area contributed by atoms with Crippen molar-refractivity contribution in [2.24, 2.45) is 0 Å². The number of nitrogens with zero attached hydrogens (tertiary/aromatic N) is 1. The molecule has 3 rings (SSSR count). The molecule has 2 aromatic carbocycles. The van der Waals surface area contributed by atoms with Crippen molar-refractivity contribution in [3.63, 3.8) is 0 Å². The number of anilines is 1. The number of fused-ring (bicyclic) bond motifs is 1. The third-order valence-electron chi connectivity index (χ3n) is 3.09. The molecule has 0 radical (unpaired) electrons. The van der Waals surface area contributed by atoms with Crippen molar-refractivity contribution in [2.45, 2.75) is 4.90 Å². The highest BCUT2D eigenvalue weighted by Crippen LogP contribution is 2.41. The van der Waals surface area contributed by atoms with Crippen LogP contribution in [0.5, 0.6) is 0 Å². The van der Waals surface area contributed by atoms with Crippen LogP contribution in [0.3, 0.4) is 0 Å². The Kier molecular flexibility index (Phi) is 4.40. The lowest BCUT2D eigenvalue weighted by atomic mass is 10.1. The van der Waals surface area contributed by atoms with Crippen LogP contribution in [-0.2, 0) is 0 Å². The van der Waals surface area contributed by atoms with Gasteiger partial charge in [-0.2, -0.15) is 0 Å². The van der Waals surface area contributed by atoms with E-state index in [9.17, 15) is 4.79 Å². The predicted octanol–water partition coefficient (Wildman–Crippen LogP) is 4.57. The van der Waals surface area contributed by atoms with E-state index in [-0.39, 0.29) is 5.78 Å². The van der Waals surface area contributed by atoms with Gasteiger partial charge in [0.15, 0.2) is 5.78 Å². The summed E-state index contributed by atoms with van der Waals surface area (Å²) in [5, 5.41) is 4.42. The van der Waals surface area contributed by atoms with Gasteiger partial charge < -0.3 is 5.32 Å².